The van der Waals surface area contributed by atoms with Gasteiger partial charge in [0.2, 0.25) is 0 Å². The van der Waals surface area contributed by atoms with Crippen LogP contribution in [0.5, 0.6) is 11.5 Å². The second-order valence-electron chi connectivity index (χ2n) is 5.87. The van der Waals surface area contributed by atoms with Crippen LogP contribution in [0.3, 0.4) is 0 Å². The molecule has 0 spiro atoms. The highest BCUT2D eigenvalue weighted by Gasteiger charge is 2.26. The van der Waals surface area contributed by atoms with Gasteiger partial charge in [-0.05, 0) is 38.4 Å². The molecule has 0 bridgehead atoms. The summed E-state index contributed by atoms with van der Waals surface area (Å²) in [5, 5.41) is 0. The number of ether oxygens (including phenoxy) is 2. The Hall–Kier alpha value is -1.40. The average molecular weight is 338 g/mol. The lowest BCUT2D eigenvalue weighted by atomic mass is 10.2. The summed E-state index contributed by atoms with van der Waals surface area (Å²) in [6.45, 7) is 1.74. The van der Waals surface area contributed by atoms with Crippen molar-refractivity contribution in [3.05, 3.63) is 24.3 Å². The van der Waals surface area contributed by atoms with Crippen LogP contribution in [-0.4, -0.2) is 74.2 Å². The van der Waals surface area contributed by atoms with Gasteiger partial charge in [-0.1, -0.05) is 12.1 Å². The molecule has 0 aliphatic carbocycles. The largest absolute Gasteiger partial charge is 0.493 e. The third kappa shape index (κ3) is 5.32. The molecule has 0 saturated carbocycles. The number of carbonyl (C=O) groups excluding carboxylic acids is 1. The maximum absolute atomic E-state index is 12.6. The molecule has 1 aliphatic rings. The lowest BCUT2D eigenvalue weighted by Crippen LogP contribution is -2.48. The molecule has 1 aromatic rings. The van der Waals surface area contributed by atoms with Gasteiger partial charge in [-0.15, -0.1) is 0 Å². The Bertz CT molecular complexity index is 510. The molecule has 2 rings (SSSR count). The van der Waals surface area contributed by atoms with Crippen molar-refractivity contribution in [3.8, 4) is 11.5 Å². The summed E-state index contributed by atoms with van der Waals surface area (Å²) >= 11 is 1.93. The van der Waals surface area contributed by atoms with Crippen LogP contribution in [0.4, 0.5) is 0 Å². The number of methoxy groups -OCH3 is 1. The smallest absolute Gasteiger partial charge is 0.260 e. The standard InChI is InChI=1S/C17H26N2O3S/c1-18(2)11-14-13-23-10-6-9-19(14)17(20)12-22-16-8-5-4-7-15(16)21-3/h4-5,7-8,14H,6,9-13H2,1-3H3. The number of thioether (sulfide) groups is 1. The highest BCUT2D eigenvalue weighted by Crippen LogP contribution is 2.26. The molecule has 1 aliphatic heterocycles. The summed E-state index contributed by atoms with van der Waals surface area (Å²) < 4.78 is 11.0. The number of rotatable bonds is 6. The second kappa shape index (κ2) is 9.03. The van der Waals surface area contributed by atoms with Crippen molar-refractivity contribution in [2.24, 2.45) is 0 Å². The highest BCUT2D eigenvalue weighted by molar-refractivity contribution is 7.99. The Morgan fingerprint density at radius 3 is 2.78 bits per heavy atom. The summed E-state index contributed by atoms with van der Waals surface area (Å²) in [4.78, 5) is 16.8. The second-order valence-corrected chi connectivity index (χ2v) is 7.02. The van der Waals surface area contributed by atoms with Crippen molar-refractivity contribution in [2.75, 3.05) is 52.4 Å². The molecule has 1 heterocycles. The summed E-state index contributed by atoms with van der Waals surface area (Å²) in [5.74, 6) is 3.40. The number of amides is 1. The molecule has 23 heavy (non-hydrogen) atoms. The van der Waals surface area contributed by atoms with Crippen molar-refractivity contribution in [2.45, 2.75) is 12.5 Å². The predicted molar refractivity (Wildman–Crippen MR) is 94.5 cm³/mol. The van der Waals surface area contributed by atoms with E-state index in [4.69, 9.17) is 9.47 Å². The van der Waals surface area contributed by atoms with Crippen LogP contribution in [0.15, 0.2) is 24.3 Å². The third-order valence-corrected chi connectivity index (χ3v) is 4.95. The summed E-state index contributed by atoms with van der Waals surface area (Å²) in [6, 6.07) is 7.65. The van der Waals surface area contributed by atoms with Gasteiger partial charge in [0.25, 0.3) is 5.91 Å². The summed E-state index contributed by atoms with van der Waals surface area (Å²) in [5.41, 5.74) is 0. The van der Waals surface area contributed by atoms with Crippen LogP contribution < -0.4 is 9.47 Å². The SMILES string of the molecule is COc1ccccc1OCC(=O)N1CCCSCC1CN(C)C. The number of hydrogen-bond acceptors (Lipinski definition) is 5. The minimum atomic E-state index is 0.0465. The van der Waals surface area contributed by atoms with E-state index in [1.807, 2.05) is 55.0 Å². The van der Waals surface area contributed by atoms with E-state index in [1.165, 1.54) is 0 Å². The minimum Gasteiger partial charge on any atom is -0.493 e. The van der Waals surface area contributed by atoms with Crippen molar-refractivity contribution in [3.63, 3.8) is 0 Å². The van der Waals surface area contributed by atoms with E-state index in [0.717, 1.165) is 31.0 Å². The Morgan fingerprint density at radius 2 is 2.09 bits per heavy atom. The zero-order valence-corrected chi connectivity index (χ0v) is 15.0. The first-order valence-electron chi connectivity index (χ1n) is 7.89. The van der Waals surface area contributed by atoms with Gasteiger partial charge >= 0.3 is 0 Å². The van der Waals surface area contributed by atoms with Gasteiger partial charge < -0.3 is 19.3 Å². The molecule has 1 saturated heterocycles. The maximum Gasteiger partial charge on any atom is 0.260 e. The summed E-state index contributed by atoms with van der Waals surface area (Å²) in [6.07, 6.45) is 1.04. The molecule has 1 unspecified atom stereocenters. The van der Waals surface area contributed by atoms with E-state index in [0.29, 0.717) is 11.5 Å². The molecule has 6 heteroatoms. The monoisotopic (exact) mass is 338 g/mol. The molecule has 0 radical (unpaired) electrons. The molecular formula is C17H26N2O3S. The fraction of sp³-hybridized carbons (Fsp3) is 0.588. The lowest BCUT2D eigenvalue weighted by Gasteiger charge is -2.31. The van der Waals surface area contributed by atoms with Crippen LogP contribution in [-0.2, 0) is 4.79 Å². The molecule has 1 aromatic carbocycles. The van der Waals surface area contributed by atoms with E-state index < -0.39 is 0 Å². The molecule has 0 N–H and O–H groups in total. The van der Waals surface area contributed by atoms with Gasteiger partial charge in [-0.2, -0.15) is 11.8 Å². The van der Waals surface area contributed by atoms with Gasteiger partial charge in [0.1, 0.15) is 0 Å². The first kappa shape index (κ1) is 17.9. The first-order valence-corrected chi connectivity index (χ1v) is 9.05. The topological polar surface area (TPSA) is 42.0 Å². The van der Waals surface area contributed by atoms with Gasteiger partial charge in [0.15, 0.2) is 18.1 Å². The van der Waals surface area contributed by atoms with Gasteiger partial charge in [-0.25, -0.2) is 0 Å². The van der Waals surface area contributed by atoms with E-state index >= 15 is 0 Å². The average Bonchev–Trinajstić information content (AvgIpc) is 2.77. The summed E-state index contributed by atoms with van der Waals surface area (Å²) in [7, 11) is 5.69. The van der Waals surface area contributed by atoms with Crippen molar-refractivity contribution in [1.29, 1.82) is 0 Å². The molecule has 1 fully saturated rings. The highest BCUT2D eigenvalue weighted by atomic mass is 32.2. The zero-order valence-electron chi connectivity index (χ0n) is 14.2. The van der Waals surface area contributed by atoms with Crippen LogP contribution >= 0.6 is 11.8 Å². The predicted octanol–water partition coefficient (Wildman–Crippen LogP) is 1.97. The Morgan fingerprint density at radius 1 is 1.35 bits per heavy atom. The minimum absolute atomic E-state index is 0.0465. The molecule has 1 atom stereocenters. The molecular weight excluding hydrogens is 312 g/mol. The Labute approximate surface area is 142 Å². The molecule has 0 aromatic heterocycles. The quantitative estimate of drug-likeness (QED) is 0.793. The van der Waals surface area contributed by atoms with Gasteiger partial charge in [0, 0.05) is 18.8 Å². The van der Waals surface area contributed by atoms with Gasteiger partial charge in [0.05, 0.1) is 13.2 Å². The maximum atomic E-state index is 12.6. The molecule has 5 nitrogen and oxygen atoms in total. The fourth-order valence-corrected chi connectivity index (χ4v) is 3.75. The van der Waals surface area contributed by atoms with Crippen LogP contribution in [0.1, 0.15) is 6.42 Å². The Balaban J connectivity index is 1.99. The first-order chi connectivity index (χ1) is 11.1. The van der Waals surface area contributed by atoms with E-state index in [2.05, 4.69) is 4.90 Å². The number of para-hydroxylation sites is 2. The van der Waals surface area contributed by atoms with E-state index in [-0.39, 0.29) is 18.6 Å². The van der Waals surface area contributed by atoms with E-state index in [9.17, 15) is 4.79 Å². The van der Waals surface area contributed by atoms with Crippen LogP contribution in [0, 0.1) is 0 Å². The lowest BCUT2D eigenvalue weighted by molar-refractivity contribution is -0.135. The molecule has 1 amide bonds. The van der Waals surface area contributed by atoms with Crippen molar-refractivity contribution < 1.29 is 14.3 Å². The number of hydrogen-bond donors (Lipinski definition) is 0. The van der Waals surface area contributed by atoms with Crippen molar-refractivity contribution in [1.82, 2.24) is 9.80 Å². The number of likely N-dealkylation sites (N-methyl/N-ethyl adjacent to an activating group) is 1. The third-order valence-electron chi connectivity index (χ3n) is 3.76. The van der Waals surface area contributed by atoms with Crippen LogP contribution in [0.2, 0.25) is 0 Å². The normalized spacial score (nSPS) is 18.6. The van der Waals surface area contributed by atoms with Crippen LogP contribution in [0.25, 0.3) is 0 Å². The molecule has 128 valence electrons. The van der Waals surface area contributed by atoms with Gasteiger partial charge in [-0.3, -0.25) is 4.79 Å². The van der Waals surface area contributed by atoms with Crippen molar-refractivity contribution >= 4 is 17.7 Å². The fourth-order valence-electron chi connectivity index (χ4n) is 2.69. The Kier molecular flexibility index (Phi) is 7.05. The zero-order chi connectivity index (χ0) is 16.7. The number of carbonyl (C=O) groups is 1. The number of benzene rings is 1. The number of nitrogens with zero attached hydrogens (tertiary/aromatic N) is 2. The van der Waals surface area contributed by atoms with E-state index in [1.54, 1.807) is 7.11 Å².